The van der Waals surface area contributed by atoms with Crippen LogP contribution in [0.3, 0.4) is 0 Å². The average Bonchev–Trinajstić information content (AvgIpc) is 3.62. The molecule has 156 valence electrons. The lowest BCUT2D eigenvalue weighted by Gasteiger charge is -2.16. The molecule has 2 aliphatic carbocycles. The van der Waals surface area contributed by atoms with E-state index in [9.17, 15) is 10.0 Å². The summed E-state index contributed by atoms with van der Waals surface area (Å²) in [6, 6.07) is 18.3. The molecule has 5 rings (SSSR count). The Morgan fingerprint density at radius 1 is 1.06 bits per heavy atom. The molecule has 2 aromatic carbocycles. The maximum atomic E-state index is 12.4. The van der Waals surface area contributed by atoms with Crippen LogP contribution in [0.5, 0.6) is 0 Å². The zero-order valence-electron chi connectivity index (χ0n) is 17.1. The van der Waals surface area contributed by atoms with E-state index in [1.807, 2.05) is 24.3 Å². The molecule has 0 spiro atoms. The second-order valence-electron chi connectivity index (χ2n) is 8.26. The van der Waals surface area contributed by atoms with Crippen molar-refractivity contribution in [3.05, 3.63) is 83.1 Å². The highest BCUT2D eigenvalue weighted by molar-refractivity contribution is 5.97. The molecule has 1 aromatic heterocycles. The summed E-state index contributed by atoms with van der Waals surface area (Å²) in [4.78, 5) is 17.2. The van der Waals surface area contributed by atoms with E-state index >= 15 is 0 Å². The van der Waals surface area contributed by atoms with E-state index in [0.29, 0.717) is 23.1 Å². The van der Waals surface area contributed by atoms with Gasteiger partial charge in [-0.3, -0.25) is 10.0 Å². The fraction of sp³-hybridized carbons (Fsp3) is 0.231. The predicted octanol–water partition coefficient (Wildman–Crippen LogP) is 4.59. The molecule has 0 saturated heterocycles. The van der Waals surface area contributed by atoms with Crippen LogP contribution in [0.15, 0.2) is 60.7 Å². The Labute approximate surface area is 181 Å². The Morgan fingerprint density at radius 2 is 1.87 bits per heavy atom. The molecule has 0 aliphatic heterocycles. The zero-order chi connectivity index (χ0) is 21.4. The monoisotopic (exact) mass is 412 g/mol. The van der Waals surface area contributed by atoms with Crippen molar-refractivity contribution in [1.82, 2.24) is 10.5 Å². The molecule has 5 nitrogen and oxygen atoms in total. The molecule has 1 fully saturated rings. The minimum Gasteiger partial charge on any atom is -0.396 e. The summed E-state index contributed by atoms with van der Waals surface area (Å²) < 4.78 is 0. The first-order chi connectivity index (χ1) is 15.2. The molecule has 5 heteroatoms. The lowest BCUT2D eigenvalue weighted by Crippen LogP contribution is -2.21. The number of nitrogens with zero attached hydrogens (tertiary/aromatic N) is 1. The van der Waals surface area contributed by atoms with Crippen LogP contribution >= 0.6 is 0 Å². The van der Waals surface area contributed by atoms with Gasteiger partial charge in [-0.25, -0.2) is 10.5 Å². The third-order valence-electron chi connectivity index (χ3n) is 6.21. The summed E-state index contributed by atoms with van der Waals surface area (Å²) in [5, 5.41) is 18.3. The van der Waals surface area contributed by atoms with Gasteiger partial charge in [0.1, 0.15) is 0 Å². The molecule has 1 unspecified atom stereocenters. The molecule has 1 saturated carbocycles. The maximum absolute atomic E-state index is 12.4. The molecule has 1 heterocycles. The molecular weight excluding hydrogens is 388 g/mol. The Morgan fingerprint density at radius 3 is 2.65 bits per heavy atom. The molecule has 0 radical (unpaired) electrons. The van der Waals surface area contributed by atoms with E-state index in [-0.39, 0.29) is 6.61 Å². The standard InChI is InChI=1S/C26H24N2O3/c29-12-2-4-16-3-1-5-19(13-16)17-6-8-18(9-7-17)24-15-22(26(30)28-31)25-21-14-20(21)10-11-23(25)27-24/h1,3,5-11,13,15,20-21,29,31H,2,4,12,14H2,(H,28,30)/t20-,21?/m0/s1. The first-order valence-corrected chi connectivity index (χ1v) is 10.7. The second kappa shape index (κ2) is 8.10. The van der Waals surface area contributed by atoms with Crippen LogP contribution in [0.1, 0.15) is 45.9 Å². The number of aryl methyl sites for hydroxylation is 1. The first kappa shape index (κ1) is 19.7. The maximum Gasteiger partial charge on any atom is 0.275 e. The number of carbonyl (C=O) groups excluding carboxylic acids is 1. The van der Waals surface area contributed by atoms with Crippen LogP contribution < -0.4 is 5.48 Å². The first-order valence-electron chi connectivity index (χ1n) is 10.7. The molecule has 1 amide bonds. The zero-order valence-corrected chi connectivity index (χ0v) is 17.1. The Bertz CT molecular complexity index is 1170. The van der Waals surface area contributed by atoms with Crippen molar-refractivity contribution in [3.63, 3.8) is 0 Å². The quantitative estimate of drug-likeness (QED) is 0.409. The molecule has 2 aliphatic rings. The van der Waals surface area contributed by atoms with E-state index < -0.39 is 5.91 Å². The van der Waals surface area contributed by atoms with Crippen molar-refractivity contribution in [2.24, 2.45) is 5.92 Å². The van der Waals surface area contributed by atoms with Crippen molar-refractivity contribution in [3.8, 4) is 22.4 Å². The summed E-state index contributed by atoms with van der Waals surface area (Å²) in [6.45, 7) is 0.194. The van der Waals surface area contributed by atoms with Crippen LogP contribution in [0, 0.1) is 5.92 Å². The number of allylic oxidation sites excluding steroid dienone is 1. The largest absolute Gasteiger partial charge is 0.396 e. The van der Waals surface area contributed by atoms with Gasteiger partial charge in [0.2, 0.25) is 0 Å². The fourth-order valence-electron chi connectivity index (χ4n) is 4.48. The van der Waals surface area contributed by atoms with Crippen LogP contribution in [0.2, 0.25) is 0 Å². The lowest BCUT2D eigenvalue weighted by atomic mass is 9.93. The van der Waals surface area contributed by atoms with Gasteiger partial charge in [0, 0.05) is 17.7 Å². The van der Waals surface area contributed by atoms with Crippen LogP contribution in [0.25, 0.3) is 28.5 Å². The summed E-state index contributed by atoms with van der Waals surface area (Å²) in [7, 11) is 0. The number of benzene rings is 2. The van der Waals surface area contributed by atoms with Crippen molar-refractivity contribution >= 4 is 12.0 Å². The van der Waals surface area contributed by atoms with Gasteiger partial charge in [-0.2, -0.15) is 0 Å². The van der Waals surface area contributed by atoms with Gasteiger partial charge in [0.25, 0.3) is 5.91 Å². The number of rotatable bonds is 6. The molecule has 3 aromatic rings. The number of pyridine rings is 1. The second-order valence-corrected chi connectivity index (χ2v) is 8.26. The predicted molar refractivity (Wildman–Crippen MR) is 120 cm³/mol. The van der Waals surface area contributed by atoms with Gasteiger partial charge in [0.05, 0.1) is 11.4 Å². The number of hydrogen-bond acceptors (Lipinski definition) is 4. The number of amides is 1. The van der Waals surface area contributed by atoms with E-state index in [0.717, 1.165) is 47.2 Å². The van der Waals surface area contributed by atoms with Crippen LogP contribution in [-0.4, -0.2) is 27.8 Å². The number of hydroxylamine groups is 1. The SMILES string of the molecule is O=C(NO)c1cc(-c2ccc(-c3cccc(CCCO)c3)cc2)nc2c1C1C[C@@H]1C=C2. The number of aliphatic hydroxyl groups is 1. The van der Waals surface area contributed by atoms with E-state index in [4.69, 9.17) is 10.1 Å². The highest BCUT2D eigenvalue weighted by Gasteiger charge is 2.42. The normalized spacial score (nSPS) is 18.3. The highest BCUT2D eigenvalue weighted by Crippen LogP contribution is 2.53. The molecule has 0 bridgehead atoms. The third kappa shape index (κ3) is 3.78. The summed E-state index contributed by atoms with van der Waals surface area (Å²) in [6.07, 6.45) is 6.80. The van der Waals surface area contributed by atoms with Crippen molar-refractivity contribution in [2.75, 3.05) is 6.61 Å². The number of aliphatic hydroxyl groups excluding tert-OH is 1. The minimum absolute atomic E-state index is 0.194. The summed E-state index contributed by atoms with van der Waals surface area (Å²) >= 11 is 0. The average molecular weight is 412 g/mol. The molecule has 31 heavy (non-hydrogen) atoms. The number of nitrogens with one attached hydrogen (secondary N) is 1. The lowest BCUT2D eigenvalue weighted by molar-refractivity contribution is 0.0705. The van der Waals surface area contributed by atoms with Gasteiger partial charge in [-0.05, 0) is 65.5 Å². The molecular formula is C26H24N2O3. The highest BCUT2D eigenvalue weighted by atomic mass is 16.5. The smallest absolute Gasteiger partial charge is 0.275 e. The Balaban J connectivity index is 1.48. The van der Waals surface area contributed by atoms with Gasteiger partial charge in [-0.15, -0.1) is 0 Å². The van der Waals surface area contributed by atoms with Gasteiger partial charge >= 0.3 is 0 Å². The molecule has 3 N–H and O–H groups in total. The van der Waals surface area contributed by atoms with Gasteiger partial charge in [0.15, 0.2) is 0 Å². The van der Waals surface area contributed by atoms with Crippen molar-refractivity contribution < 1.29 is 15.1 Å². The Hall–Kier alpha value is -3.28. The van der Waals surface area contributed by atoms with E-state index in [1.165, 1.54) is 5.56 Å². The summed E-state index contributed by atoms with van der Waals surface area (Å²) in [5.74, 6) is 0.323. The minimum atomic E-state index is -0.489. The van der Waals surface area contributed by atoms with E-state index in [1.54, 1.807) is 11.5 Å². The topological polar surface area (TPSA) is 82.5 Å². The number of fused-ring (bicyclic) bond motifs is 3. The molecule has 2 atom stereocenters. The summed E-state index contributed by atoms with van der Waals surface area (Å²) in [5.41, 5.74) is 9.11. The number of aromatic nitrogens is 1. The van der Waals surface area contributed by atoms with Crippen molar-refractivity contribution in [2.45, 2.75) is 25.2 Å². The van der Waals surface area contributed by atoms with Gasteiger partial charge in [-0.1, -0.05) is 54.6 Å². The van der Waals surface area contributed by atoms with Crippen LogP contribution in [-0.2, 0) is 6.42 Å². The fourth-order valence-corrected chi connectivity index (χ4v) is 4.48. The van der Waals surface area contributed by atoms with E-state index in [2.05, 4.69) is 36.4 Å². The number of carbonyl (C=O) groups is 1. The van der Waals surface area contributed by atoms with Crippen LogP contribution in [0.4, 0.5) is 0 Å². The Kier molecular flexibility index (Phi) is 5.14. The van der Waals surface area contributed by atoms with Gasteiger partial charge < -0.3 is 5.11 Å². The number of hydrogen-bond donors (Lipinski definition) is 3. The van der Waals surface area contributed by atoms with Crippen molar-refractivity contribution in [1.29, 1.82) is 0 Å². The third-order valence-corrected chi connectivity index (χ3v) is 6.21.